The largest absolute Gasteiger partial charge is 0.390 e. The first-order valence-corrected chi connectivity index (χ1v) is 16.7. The first-order chi connectivity index (χ1) is 17.3. The number of pyridine rings is 1. The maximum Gasteiger partial charge on any atom is 0.146 e. The number of alkyl halides is 1. The molecule has 200 valence electrons. The topological polar surface area (TPSA) is 59.4 Å². The highest BCUT2D eigenvalue weighted by atomic mass is 127. The van der Waals surface area contributed by atoms with Crippen LogP contribution >= 0.6 is 34.4 Å². The number of ketones is 1. The number of aliphatic hydroxyl groups excluding tert-OH is 1. The highest BCUT2D eigenvalue weighted by Crippen LogP contribution is 2.71. The van der Waals surface area contributed by atoms with Gasteiger partial charge in [0.15, 0.2) is 0 Å². The molecule has 4 saturated carbocycles. The first-order valence-electron chi connectivity index (χ1n) is 14.2. The van der Waals surface area contributed by atoms with Gasteiger partial charge in [0.1, 0.15) is 5.78 Å². The molecule has 1 aromatic rings. The molecule has 9 atom stereocenters. The highest BCUT2D eigenvalue weighted by molar-refractivity contribution is 14.1. The summed E-state index contributed by atoms with van der Waals surface area (Å²) in [5, 5.41) is 11.1. The van der Waals surface area contributed by atoms with E-state index in [1.807, 2.05) is 24.5 Å². The molecule has 5 rings (SSSR count). The van der Waals surface area contributed by atoms with Gasteiger partial charge < -0.3 is 9.84 Å². The highest BCUT2D eigenvalue weighted by Gasteiger charge is 2.66. The van der Waals surface area contributed by atoms with Gasteiger partial charge in [-0.2, -0.15) is 0 Å². The standard InChI is InChI=1S/C30H44INO3S/c1-4-15-35-27-17-29(3)23-8-11-28(2)22(21(23)7-12-30(29,19-31)16-25(27)33)5-6-24(28)26(34)18-36-20-9-13-32-14-10-20/h9-10,13-14,21-25,27,33H,4-8,11-12,15-19H2,1-3H3/t21-,22-,23-,24+,25?,27?,28-,29+,30?/m0/s1. The van der Waals surface area contributed by atoms with Gasteiger partial charge in [-0.3, -0.25) is 9.78 Å². The lowest BCUT2D eigenvalue weighted by molar-refractivity contribution is -0.205. The fourth-order valence-electron chi connectivity index (χ4n) is 9.32. The normalized spacial score (nSPS) is 43.9. The molecular weight excluding hydrogens is 581 g/mol. The smallest absolute Gasteiger partial charge is 0.146 e. The van der Waals surface area contributed by atoms with Crippen LogP contribution in [0.3, 0.4) is 0 Å². The molecule has 0 saturated heterocycles. The maximum absolute atomic E-state index is 13.5. The molecule has 0 bridgehead atoms. The van der Waals surface area contributed by atoms with Gasteiger partial charge in [-0.05, 0) is 104 Å². The lowest BCUT2D eigenvalue weighted by atomic mass is 9.40. The Kier molecular flexibility index (Phi) is 8.19. The molecule has 4 aliphatic carbocycles. The molecular formula is C30H44INO3S. The third-order valence-corrected chi connectivity index (χ3v) is 13.8. The van der Waals surface area contributed by atoms with Crippen LogP contribution in [-0.4, -0.2) is 44.9 Å². The van der Waals surface area contributed by atoms with Gasteiger partial charge >= 0.3 is 0 Å². The molecule has 6 heteroatoms. The predicted octanol–water partition coefficient (Wildman–Crippen LogP) is 6.97. The average molecular weight is 626 g/mol. The van der Waals surface area contributed by atoms with Crippen LogP contribution in [0.15, 0.2) is 29.4 Å². The Labute approximate surface area is 235 Å². The Balaban J connectivity index is 1.34. The number of hydrogen-bond acceptors (Lipinski definition) is 5. The minimum Gasteiger partial charge on any atom is -0.390 e. The number of hydrogen-bond donors (Lipinski definition) is 1. The number of carbonyl (C=O) groups is 1. The van der Waals surface area contributed by atoms with Gasteiger partial charge in [-0.15, -0.1) is 11.8 Å². The molecule has 1 N–H and O–H groups in total. The van der Waals surface area contributed by atoms with Gasteiger partial charge in [0.05, 0.1) is 18.0 Å². The van der Waals surface area contributed by atoms with Crippen molar-refractivity contribution in [3.05, 3.63) is 24.5 Å². The molecule has 1 heterocycles. The summed E-state index contributed by atoms with van der Waals surface area (Å²) in [7, 11) is 0. The monoisotopic (exact) mass is 625 g/mol. The number of nitrogens with zero attached hydrogens (tertiary/aromatic N) is 1. The van der Waals surface area contributed by atoms with Gasteiger partial charge in [-0.25, -0.2) is 0 Å². The van der Waals surface area contributed by atoms with Gasteiger partial charge in [0, 0.05) is 34.2 Å². The number of ether oxygens (including phenoxy) is 1. The second-order valence-corrected chi connectivity index (χ2v) is 14.6. The SMILES string of the molecule is CCCOC1C[C@]2(C)[C@H]3CC[C@]4(C)[C@@H](C(=O)CSc5ccncc5)CC[C@H]4[C@@H]3CCC2(CI)CC1O. The number of Topliss-reactive ketones (excluding diaryl/α,β-unsaturated/α-hetero) is 1. The van der Waals surface area contributed by atoms with Crippen LogP contribution in [0, 0.1) is 39.9 Å². The Hall–Kier alpha value is -0.180. The molecule has 3 unspecified atom stereocenters. The van der Waals surface area contributed by atoms with Gasteiger partial charge in [-0.1, -0.05) is 43.4 Å². The summed E-state index contributed by atoms with van der Waals surface area (Å²) in [6.45, 7) is 7.91. The predicted molar refractivity (Wildman–Crippen MR) is 154 cm³/mol. The minimum atomic E-state index is -0.337. The molecule has 0 amide bonds. The minimum absolute atomic E-state index is 0.0267. The van der Waals surface area contributed by atoms with Crippen molar-refractivity contribution in [1.29, 1.82) is 0 Å². The fourth-order valence-corrected chi connectivity index (χ4v) is 11.7. The molecule has 4 aliphatic rings. The Morgan fingerprint density at radius 3 is 2.64 bits per heavy atom. The van der Waals surface area contributed by atoms with E-state index in [4.69, 9.17) is 4.74 Å². The van der Waals surface area contributed by atoms with Crippen molar-refractivity contribution in [1.82, 2.24) is 4.98 Å². The van der Waals surface area contributed by atoms with E-state index >= 15 is 0 Å². The summed E-state index contributed by atoms with van der Waals surface area (Å²) >= 11 is 4.28. The van der Waals surface area contributed by atoms with E-state index in [0.717, 1.165) is 41.6 Å². The van der Waals surface area contributed by atoms with Crippen molar-refractivity contribution in [3.63, 3.8) is 0 Å². The lowest BCUT2D eigenvalue weighted by Crippen LogP contribution is -2.63. The molecule has 0 radical (unpaired) electrons. The van der Waals surface area contributed by atoms with Crippen molar-refractivity contribution in [2.24, 2.45) is 39.9 Å². The van der Waals surface area contributed by atoms with E-state index in [-0.39, 0.29) is 34.4 Å². The van der Waals surface area contributed by atoms with Crippen LogP contribution in [0.2, 0.25) is 0 Å². The second-order valence-electron chi connectivity index (χ2n) is 12.7. The van der Waals surface area contributed by atoms with Crippen LogP contribution in [0.1, 0.15) is 78.6 Å². The zero-order chi connectivity index (χ0) is 25.6. The number of fused-ring (bicyclic) bond motifs is 5. The number of rotatable bonds is 8. The first kappa shape index (κ1) is 27.4. The summed E-state index contributed by atoms with van der Waals surface area (Å²) in [4.78, 5) is 18.8. The summed E-state index contributed by atoms with van der Waals surface area (Å²) in [6, 6.07) is 4.01. The number of thioether (sulfide) groups is 1. The van der Waals surface area contributed by atoms with Crippen molar-refractivity contribution < 1.29 is 14.6 Å². The quantitative estimate of drug-likeness (QED) is 0.192. The average Bonchev–Trinajstić information content (AvgIpc) is 3.24. The third kappa shape index (κ3) is 4.52. The molecule has 0 aliphatic heterocycles. The zero-order valence-electron chi connectivity index (χ0n) is 22.3. The van der Waals surface area contributed by atoms with E-state index in [0.29, 0.717) is 29.3 Å². The number of halogens is 1. The van der Waals surface area contributed by atoms with Crippen molar-refractivity contribution in [2.45, 2.75) is 95.7 Å². The van der Waals surface area contributed by atoms with Crippen LogP contribution in [0.5, 0.6) is 0 Å². The van der Waals surface area contributed by atoms with E-state index < -0.39 is 0 Å². The second kappa shape index (κ2) is 10.8. The number of aromatic nitrogens is 1. The summed E-state index contributed by atoms with van der Waals surface area (Å²) in [5.74, 6) is 3.28. The molecule has 4 nitrogen and oxygen atoms in total. The zero-order valence-corrected chi connectivity index (χ0v) is 25.2. The van der Waals surface area contributed by atoms with Crippen LogP contribution in [0.25, 0.3) is 0 Å². The molecule has 1 aromatic heterocycles. The number of carbonyl (C=O) groups excluding carboxylic acids is 1. The Morgan fingerprint density at radius 1 is 1.14 bits per heavy atom. The third-order valence-electron chi connectivity index (χ3n) is 11.3. The van der Waals surface area contributed by atoms with Gasteiger partial charge in [0.25, 0.3) is 0 Å². The van der Waals surface area contributed by atoms with Crippen molar-refractivity contribution in [3.8, 4) is 0 Å². The summed E-state index contributed by atoms with van der Waals surface area (Å²) in [5.41, 5.74) is 0.558. The molecule has 36 heavy (non-hydrogen) atoms. The van der Waals surface area contributed by atoms with E-state index in [1.54, 1.807) is 11.8 Å². The Bertz CT molecular complexity index is 932. The van der Waals surface area contributed by atoms with Crippen LogP contribution in [0.4, 0.5) is 0 Å². The van der Waals surface area contributed by atoms with Crippen molar-refractivity contribution in [2.75, 3.05) is 16.8 Å². The van der Waals surface area contributed by atoms with Crippen LogP contribution < -0.4 is 0 Å². The van der Waals surface area contributed by atoms with Gasteiger partial charge in [0.2, 0.25) is 0 Å². The summed E-state index contributed by atoms with van der Waals surface area (Å²) < 4.78 is 7.37. The Morgan fingerprint density at radius 2 is 1.92 bits per heavy atom. The fraction of sp³-hybridized carbons (Fsp3) is 0.800. The van der Waals surface area contributed by atoms with Crippen LogP contribution in [-0.2, 0) is 9.53 Å². The number of aliphatic hydroxyl groups is 1. The molecule has 0 spiro atoms. The maximum atomic E-state index is 13.5. The molecule has 4 fully saturated rings. The van der Waals surface area contributed by atoms with Crippen molar-refractivity contribution >= 4 is 40.1 Å². The van der Waals surface area contributed by atoms with E-state index in [9.17, 15) is 9.90 Å². The van der Waals surface area contributed by atoms with E-state index in [2.05, 4.69) is 48.3 Å². The molecule has 0 aromatic carbocycles. The summed E-state index contributed by atoms with van der Waals surface area (Å²) in [6.07, 6.45) is 13.3. The lowest BCUT2D eigenvalue weighted by Gasteiger charge is -2.66. The van der Waals surface area contributed by atoms with E-state index in [1.165, 1.54) is 32.1 Å².